The zero-order chi connectivity index (χ0) is 22.8. The van der Waals surface area contributed by atoms with Gasteiger partial charge in [-0.05, 0) is 73.2 Å². The monoisotopic (exact) mass is 447 g/mol. The van der Waals surface area contributed by atoms with E-state index in [4.69, 9.17) is 22.1 Å². The number of esters is 1. The van der Waals surface area contributed by atoms with Gasteiger partial charge in [-0.2, -0.15) is 0 Å². The van der Waals surface area contributed by atoms with Crippen LogP contribution in [-0.2, 0) is 9.59 Å². The van der Waals surface area contributed by atoms with Crippen molar-refractivity contribution in [3.8, 4) is 5.75 Å². The minimum Gasteiger partial charge on any atom is -0.423 e. The quantitative estimate of drug-likeness (QED) is 0.262. The van der Waals surface area contributed by atoms with E-state index in [0.717, 1.165) is 10.5 Å². The molecule has 4 rings (SSSR count). The van der Waals surface area contributed by atoms with Gasteiger partial charge in [0.15, 0.2) is 0 Å². The van der Waals surface area contributed by atoms with Gasteiger partial charge in [0.25, 0.3) is 11.8 Å². The molecule has 0 aliphatic carbocycles. The van der Waals surface area contributed by atoms with Crippen LogP contribution in [0.2, 0.25) is 0 Å². The molecule has 0 atom stereocenters. The van der Waals surface area contributed by atoms with Crippen molar-refractivity contribution in [3.05, 3.63) is 94.7 Å². The van der Waals surface area contributed by atoms with Crippen LogP contribution < -0.4 is 20.7 Å². The Hall–Kier alpha value is -4.10. The molecule has 2 amide bonds. The molecule has 0 radical (unpaired) electrons. The average molecular weight is 448 g/mol. The summed E-state index contributed by atoms with van der Waals surface area (Å²) in [7, 11) is 0. The van der Waals surface area contributed by atoms with Crippen molar-refractivity contribution in [2.24, 2.45) is 0 Å². The van der Waals surface area contributed by atoms with Gasteiger partial charge in [0.05, 0.1) is 11.3 Å². The lowest BCUT2D eigenvalue weighted by atomic mass is 10.2. The summed E-state index contributed by atoms with van der Waals surface area (Å²) in [4.78, 5) is 38.8. The molecule has 32 heavy (non-hydrogen) atoms. The van der Waals surface area contributed by atoms with Gasteiger partial charge in [0.1, 0.15) is 16.5 Å². The normalized spacial score (nSPS) is 13.5. The summed E-state index contributed by atoms with van der Waals surface area (Å²) in [5.74, 6) is -1.34. The van der Waals surface area contributed by atoms with Crippen LogP contribution >= 0.6 is 11.6 Å². The van der Waals surface area contributed by atoms with Crippen molar-refractivity contribution >= 4 is 46.4 Å². The third-order valence-electron chi connectivity index (χ3n) is 4.77. The number of rotatable bonds is 5. The second-order valence-electron chi connectivity index (χ2n) is 7.13. The Morgan fingerprint density at radius 1 is 0.969 bits per heavy atom. The number of carbonyl (C=O) groups excluding carboxylic acids is 3. The number of halogens is 1. The number of nitrogen functional groups attached to an aromatic ring is 1. The smallest absolute Gasteiger partial charge is 0.343 e. The van der Waals surface area contributed by atoms with Gasteiger partial charge in [0.2, 0.25) is 0 Å². The van der Waals surface area contributed by atoms with E-state index < -0.39 is 17.8 Å². The highest BCUT2D eigenvalue weighted by Crippen LogP contribution is 2.30. The number of ether oxygens (including phenoxy) is 1. The third-order valence-corrected chi connectivity index (χ3v) is 5.12. The number of anilines is 3. The molecule has 0 saturated carbocycles. The van der Waals surface area contributed by atoms with Crippen molar-refractivity contribution in [3.63, 3.8) is 0 Å². The van der Waals surface area contributed by atoms with E-state index in [1.807, 2.05) is 13.0 Å². The Kier molecular flexibility index (Phi) is 5.66. The number of amides is 2. The first kappa shape index (κ1) is 21.1. The van der Waals surface area contributed by atoms with E-state index in [1.165, 1.54) is 12.1 Å². The summed E-state index contributed by atoms with van der Waals surface area (Å²) in [6.07, 6.45) is 0. The predicted octanol–water partition coefficient (Wildman–Crippen LogP) is 4.23. The lowest BCUT2D eigenvalue weighted by Gasteiger charge is -2.15. The molecule has 3 aromatic rings. The fraction of sp³-hybridized carbons (Fsp3) is 0.0417. The van der Waals surface area contributed by atoms with Crippen LogP contribution in [0.15, 0.2) is 83.5 Å². The number of nitrogens with zero attached hydrogens (tertiary/aromatic N) is 1. The highest BCUT2D eigenvalue weighted by Gasteiger charge is 2.38. The SMILES string of the molecule is Cc1cccc(N2C(=O)C(Cl)=C(Nc3ccc(C(=O)Oc4ccc(N)cc4)cc3)C2=O)c1. The molecule has 3 N–H and O–H groups in total. The second kappa shape index (κ2) is 8.56. The molecular formula is C24H18ClN3O4. The number of aryl methyl sites for hydroxylation is 1. The minimum absolute atomic E-state index is 0.0321. The van der Waals surface area contributed by atoms with Crippen LogP contribution in [0.3, 0.4) is 0 Å². The minimum atomic E-state index is -0.603. The van der Waals surface area contributed by atoms with E-state index in [0.29, 0.717) is 28.4 Å². The maximum Gasteiger partial charge on any atom is 0.343 e. The number of imide groups is 1. The second-order valence-corrected chi connectivity index (χ2v) is 7.51. The molecule has 0 unspecified atom stereocenters. The molecule has 1 aliphatic heterocycles. The molecular weight excluding hydrogens is 430 g/mol. The number of hydrogen-bond acceptors (Lipinski definition) is 6. The standard InChI is InChI=1S/C24H18ClN3O4/c1-14-3-2-4-18(13-14)28-22(29)20(25)21(23(28)30)27-17-9-5-15(6-10-17)24(31)32-19-11-7-16(26)8-12-19/h2-13,27H,26H2,1H3. The van der Waals surface area contributed by atoms with Crippen LogP contribution in [0.1, 0.15) is 15.9 Å². The molecule has 1 aliphatic rings. The summed E-state index contributed by atoms with van der Waals surface area (Å²) in [6.45, 7) is 1.86. The Morgan fingerprint density at radius 3 is 2.31 bits per heavy atom. The lowest BCUT2D eigenvalue weighted by molar-refractivity contribution is -0.120. The summed E-state index contributed by atoms with van der Waals surface area (Å²) in [5.41, 5.74) is 8.29. The molecule has 0 saturated heterocycles. The number of hydrogen-bond donors (Lipinski definition) is 2. The summed E-state index contributed by atoms with van der Waals surface area (Å²) < 4.78 is 5.30. The Labute approximate surface area is 189 Å². The van der Waals surface area contributed by atoms with Gasteiger partial charge in [-0.25, -0.2) is 9.69 Å². The molecule has 0 fully saturated rings. The number of nitrogens with one attached hydrogen (secondary N) is 1. The summed E-state index contributed by atoms with van der Waals surface area (Å²) in [6, 6.07) is 19.7. The van der Waals surface area contributed by atoms with Crippen LogP contribution in [-0.4, -0.2) is 17.8 Å². The van der Waals surface area contributed by atoms with Crippen LogP contribution in [0.25, 0.3) is 0 Å². The fourth-order valence-electron chi connectivity index (χ4n) is 3.15. The summed E-state index contributed by atoms with van der Waals surface area (Å²) in [5, 5.41) is 2.67. The van der Waals surface area contributed by atoms with Gasteiger partial charge in [0, 0.05) is 11.4 Å². The maximum absolute atomic E-state index is 12.9. The van der Waals surface area contributed by atoms with E-state index >= 15 is 0 Å². The Bertz CT molecular complexity index is 1250. The van der Waals surface area contributed by atoms with Crippen LogP contribution in [0.5, 0.6) is 5.75 Å². The largest absolute Gasteiger partial charge is 0.423 e. The molecule has 1 heterocycles. The third kappa shape index (κ3) is 4.19. The van der Waals surface area contributed by atoms with Gasteiger partial charge in [-0.3, -0.25) is 9.59 Å². The molecule has 0 bridgehead atoms. The molecule has 3 aromatic carbocycles. The molecule has 0 aromatic heterocycles. The molecule has 7 nitrogen and oxygen atoms in total. The number of nitrogens with two attached hydrogens (primary N) is 1. The topological polar surface area (TPSA) is 102 Å². The van der Waals surface area contributed by atoms with Gasteiger partial charge in [-0.1, -0.05) is 23.7 Å². The highest BCUT2D eigenvalue weighted by atomic mass is 35.5. The predicted molar refractivity (Wildman–Crippen MR) is 122 cm³/mol. The first-order valence-electron chi connectivity index (χ1n) is 9.63. The van der Waals surface area contributed by atoms with E-state index in [2.05, 4.69) is 5.32 Å². The lowest BCUT2D eigenvalue weighted by Crippen LogP contribution is -2.32. The van der Waals surface area contributed by atoms with Crippen LogP contribution in [0.4, 0.5) is 17.1 Å². The van der Waals surface area contributed by atoms with Gasteiger partial charge in [-0.15, -0.1) is 0 Å². The number of carbonyl (C=O) groups is 3. The maximum atomic E-state index is 12.9. The molecule has 8 heteroatoms. The van der Waals surface area contributed by atoms with E-state index in [1.54, 1.807) is 54.6 Å². The zero-order valence-corrected chi connectivity index (χ0v) is 17.7. The summed E-state index contributed by atoms with van der Waals surface area (Å²) >= 11 is 6.16. The van der Waals surface area contributed by atoms with E-state index in [9.17, 15) is 14.4 Å². The first-order chi connectivity index (χ1) is 15.3. The molecule has 0 spiro atoms. The van der Waals surface area contributed by atoms with Crippen molar-refractivity contribution in [2.45, 2.75) is 6.92 Å². The van der Waals surface area contributed by atoms with Gasteiger partial charge < -0.3 is 15.8 Å². The zero-order valence-electron chi connectivity index (χ0n) is 17.0. The van der Waals surface area contributed by atoms with Crippen LogP contribution in [0, 0.1) is 6.92 Å². The Morgan fingerprint density at radius 2 is 1.66 bits per heavy atom. The van der Waals surface area contributed by atoms with Gasteiger partial charge >= 0.3 is 5.97 Å². The number of benzene rings is 3. The molecule has 160 valence electrons. The first-order valence-corrected chi connectivity index (χ1v) is 10.0. The van der Waals surface area contributed by atoms with Crippen molar-refractivity contribution in [2.75, 3.05) is 16.0 Å². The Balaban J connectivity index is 1.48. The van der Waals surface area contributed by atoms with Crippen molar-refractivity contribution in [1.29, 1.82) is 0 Å². The fourth-order valence-corrected chi connectivity index (χ4v) is 3.36. The van der Waals surface area contributed by atoms with Crippen molar-refractivity contribution in [1.82, 2.24) is 0 Å². The van der Waals surface area contributed by atoms with E-state index in [-0.39, 0.29) is 10.7 Å². The van der Waals surface area contributed by atoms with Crippen molar-refractivity contribution < 1.29 is 19.1 Å². The average Bonchev–Trinajstić information content (AvgIpc) is 2.99. The highest BCUT2D eigenvalue weighted by molar-refractivity contribution is 6.53.